The van der Waals surface area contributed by atoms with Crippen LogP contribution in [0.15, 0.2) is 84.7 Å². The normalized spacial score (nSPS) is 18.4. The molecule has 156 valence electrons. The van der Waals surface area contributed by atoms with Crippen LogP contribution < -0.4 is 4.90 Å². The summed E-state index contributed by atoms with van der Waals surface area (Å²) in [4.78, 5) is 31.7. The number of rotatable bonds is 3. The molecule has 1 aliphatic heterocycles. The lowest BCUT2D eigenvalue weighted by Gasteiger charge is -2.26. The lowest BCUT2D eigenvalue weighted by molar-refractivity contribution is -0.132. The average molecular weight is 412 g/mol. The van der Waals surface area contributed by atoms with Crippen LogP contribution >= 0.6 is 0 Å². The number of benzene rings is 2. The third kappa shape index (κ3) is 3.75. The minimum absolute atomic E-state index is 0.0348. The van der Waals surface area contributed by atoms with Crippen molar-refractivity contribution in [1.29, 1.82) is 0 Å². The molecular formula is C26H24N2O3. The summed E-state index contributed by atoms with van der Waals surface area (Å²) in [6.07, 6.45) is 3.07. The summed E-state index contributed by atoms with van der Waals surface area (Å²) in [5.41, 5.74) is 2.96. The van der Waals surface area contributed by atoms with Crippen molar-refractivity contribution >= 4 is 23.1 Å². The third-order valence-corrected chi connectivity index (χ3v) is 5.52. The van der Waals surface area contributed by atoms with Crippen molar-refractivity contribution in [3.8, 4) is 0 Å². The van der Waals surface area contributed by atoms with Crippen molar-refractivity contribution in [2.24, 2.45) is 0 Å². The Morgan fingerprint density at radius 2 is 1.52 bits per heavy atom. The van der Waals surface area contributed by atoms with Gasteiger partial charge >= 0.3 is 0 Å². The van der Waals surface area contributed by atoms with E-state index >= 15 is 0 Å². The molecule has 0 aliphatic carbocycles. The molecule has 2 heterocycles. The summed E-state index contributed by atoms with van der Waals surface area (Å²) in [6, 6.07) is 19.4. The summed E-state index contributed by atoms with van der Waals surface area (Å²) in [5.74, 6) is -1.57. The number of hydrogen-bond acceptors (Lipinski definition) is 4. The van der Waals surface area contributed by atoms with Crippen molar-refractivity contribution in [2.75, 3.05) is 4.90 Å². The van der Waals surface area contributed by atoms with E-state index in [0.29, 0.717) is 11.3 Å². The molecule has 1 N–H and O–H groups in total. The maximum Gasteiger partial charge on any atom is 0.300 e. The molecule has 0 spiro atoms. The van der Waals surface area contributed by atoms with Gasteiger partial charge in [-0.25, -0.2) is 0 Å². The third-order valence-electron chi connectivity index (χ3n) is 5.52. The molecule has 1 aliphatic rings. The molecule has 1 atom stereocenters. The number of hydrogen-bond donors (Lipinski definition) is 1. The van der Waals surface area contributed by atoms with Gasteiger partial charge in [0.2, 0.25) is 0 Å². The van der Waals surface area contributed by atoms with Gasteiger partial charge in [0.15, 0.2) is 0 Å². The smallest absolute Gasteiger partial charge is 0.300 e. The number of nitrogens with zero attached hydrogens (tertiary/aromatic N) is 2. The highest BCUT2D eigenvalue weighted by atomic mass is 16.3. The van der Waals surface area contributed by atoms with Crippen LogP contribution in [0.2, 0.25) is 0 Å². The molecule has 4 rings (SSSR count). The van der Waals surface area contributed by atoms with E-state index in [1.165, 1.54) is 17.3 Å². The minimum Gasteiger partial charge on any atom is -0.507 e. The van der Waals surface area contributed by atoms with Gasteiger partial charge in [-0.1, -0.05) is 63.2 Å². The van der Waals surface area contributed by atoms with E-state index in [2.05, 4.69) is 25.8 Å². The standard InChI is InChI=1S/C26H24N2O3/c1-26(2,3)19-9-11-20(12-10-19)28-22(17-7-5-4-6-8-17)21(24(30)25(28)31)23(29)18-13-15-27-16-14-18/h4-16,22,29H,1-3H3/b23-21+. The van der Waals surface area contributed by atoms with Crippen LogP contribution in [0.3, 0.4) is 0 Å². The number of Topliss-reactive ketones (excluding diaryl/α,β-unsaturated/α-hetero) is 1. The number of pyridine rings is 1. The first-order valence-electron chi connectivity index (χ1n) is 10.2. The predicted molar refractivity (Wildman–Crippen MR) is 121 cm³/mol. The Hall–Kier alpha value is -3.73. The highest BCUT2D eigenvalue weighted by Crippen LogP contribution is 2.42. The van der Waals surface area contributed by atoms with Crippen LogP contribution in [0.5, 0.6) is 0 Å². The number of aromatic nitrogens is 1. The topological polar surface area (TPSA) is 70.5 Å². The molecule has 0 radical (unpaired) electrons. The van der Waals surface area contributed by atoms with Crippen molar-refractivity contribution in [3.05, 3.63) is 101 Å². The Balaban J connectivity index is 1.89. The van der Waals surface area contributed by atoms with Crippen LogP contribution in [0.1, 0.15) is 43.5 Å². The second kappa shape index (κ2) is 7.84. The number of ketones is 1. The van der Waals surface area contributed by atoms with Crippen LogP contribution in [0, 0.1) is 0 Å². The average Bonchev–Trinajstić information content (AvgIpc) is 3.04. The highest BCUT2D eigenvalue weighted by Gasteiger charge is 2.46. The predicted octanol–water partition coefficient (Wildman–Crippen LogP) is 5.01. The molecule has 5 heteroatoms. The molecule has 5 nitrogen and oxygen atoms in total. The Labute approximate surface area is 181 Å². The molecular weight excluding hydrogens is 388 g/mol. The van der Waals surface area contributed by atoms with Crippen molar-refractivity contribution in [2.45, 2.75) is 32.2 Å². The lowest BCUT2D eigenvalue weighted by Crippen LogP contribution is -2.29. The number of anilines is 1. The van der Waals surface area contributed by atoms with E-state index in [1.807, 2.05) is 54.6 Å². The van der Waals surface area contributed by atoms with Gasteiger partial charge in [-0.2, -0.15) is 0 Å². The summed E-state index contributed by atoms with van der Waals surface area (Å²) >= 11 is 0. The zero-order valence-electron chi connectivity index (χ0n) is 17.7. The van der Waals surface area contributed by atoms with Crippen molar-refractivity contribution in [3.63, 3.8) is 0 Å². The van der Waals surface area contributed by atoms with E-state index in [0.717, 1.165) is 11.1 Å². The SMILES string of the molecule is CC(C)(C)c1ccc(N2C(=O)C(=O)/C(=C(/O)c3ccncc3)C2c2ccccc2)cc1. The molecule has 1 saturated heterocycles. The zero-order chi connectivity index (χ0) is 22.2. The lowest BCUT2D eigenvalue weighted by atomic mass is 9.87. The summed E-state index contributed by atoms with van der Waals surface area (Å²) in [6.45, 7) is 6.35. The van der Waals surface area contributed by atoms with E-state index in [4.69, 9.17) is 0 Å². The van der Waals surface area contributed by atoms with Crippen molar-refractivity contribution < 1.29 is 14.7 Å². The van der Waals surface area contributed by atoms with Crippen LogP contribution in [-0.2, 0) is 15.0 Å². The van der Waals surface area contributed by atoms with Crippen molar-refractivity contribution in [1.82, 2.24) is 4.98 Å². The molecule has 1 amide bonds. The molecule has 3 aromatic rings. The maximum atomic E-state index is 13.1. The van der Waals surface area contributed by atoms with E-state index in [9.17, 15) is 14.7 Å². The molecule has 0 saturated carbocycles. The first kappa shape index (κ1) is 20.5. The first-order chi connectivity index (χ1) is 14.8. The minimum atomic E-state index is -0.727. The fourth-order valence-corrected chi connectivity index (χ4v) is 3.84. The molecule has 0 bridgehead atoms. The first-order valence-corrected chi connectivity index (χ1v) is 10.2. The van der Waals surface area contributed by atoms with Gasteiger partial charge < -0.3 is 5.11 Å². The Bertz CT molecular complexity index is 1140. The van der Waals surface area contributed by atoms with Gasteiger partial charge in [0, 0.05) is 23.6 Å². The highest BCUT2D eigenvalue weighted by molar-refractivity contribution is 6.51. The number of aliphatic hydroxyl groups is 1. The quantitative estimate of drug-likeness (QED) is 0.373. The maximum absolute atomic E-state index is 13.1. The van der Waals surface area contributed by atoms with Gasteiger partial charge in [0.1, 0.15) is 5.76 Å². The van der Waals surface area contributed by atoms with Crippen LogP contribution in [0.4, 0.5) is 5.69 Å². The number of aliphatic hydroxyl groups excluding tert-OH is 1. The fourth-order valence-electron chi connectivity index (χ4n) is 3.84. The van der Waals surface area contributed by atoms with Crippen LogP contribution in [-0.4, -0.2) is 21.8 Å². The van der Waals surface area contributed by atoms with Gasteiger partial charge in [0.05, 0.1) is 11.6 Å². The second-order valence-electron chi connectivity index (χ2n) is 8.61. The molecule has 1 aromatic heterocycles. The fraction of sp³-hybridized carbons (Fsp3) is 0.192. The van der Waals surface area contributed by atoms with Gasteiger partial charge in [-0.05, 0) is 40.8 Å². The summed E-state index contributed by atoms with van der Waals surface area (Å²) in [7, 11) is 0. The Kier molecular flexibility index (Phi) is 5.19. The van der Waals surface area contributed by atoms with Gasteiger partial charge in [-0.3, -0.25) is 19.5 Å². The second-order valence-corrected chi connectivity index (χ2v) is 8.61. The van der Waals surface area contributed by atoms with E-state index in [-0.39, 0.29) is 16.7 Å². The van der Waals surface area contributed by atoms with Gasteiger partial charge in [0.25, 0.3) is 11.7 Å². The van der Waals surface area contributed by atoms with E-state index < -0.39 is 17.7 Å². The Morgan fingerprint density at radius 3 is 2.10 bits per heavy atom. The van der Waals surface area contributed by atoms with E-state index in [1.54, 1.807) is 12.1 Å². The zero-order valence-corrected chi connectivity index (χ0v) is 17.7. The van der Waals surface area contributed by atoms with Gasteiger partial charge in [-0.15, -0.1) is 0 Å². The summed E-state index contributed by atoms with van der Waals surface area (Å²) < 4.78 is 0. The number of amides is 1. The monoisotopic (exact) mass is 412 g/mol. The molecule has 2 aromatic carbocycles. The van der Waals surface area contributed by atoms with Crippen LogP contribution in [0.25, 0.3) is 5.76 Å². The molecule has 1 fully saturated rings. The largest absolute Gasteiger partial charge is 0.507 e. The molecule has 31 heavy (non-hydrogen) atoms. The summed E-state index contributed by atoms with van der Waals surface area (Å²) in [5, 5.41) is 11.0. The number of carbonyl (C=O) groups excluding carboxylic acids is 2. The molecule has 1 unspecified atom stereocenters. The Morgan fingerprint density at radius 1 is 0.903 bits per heavy atom. The number of carbonyl (C=O) groups is 2.